The van der Waals surface area contributed by atoms with E-state index in [0.717, 1.165) is 30.7 Å². The van der Waals surface area contributed by atoms with Crippen LogP contribution in [0, 0.1) is 11.3 Å². The molecule has 3 heteroatoms. The number of hydrogen-bond donors (Lipinski definition) is 0. The smallest absolute Gasteiger partial charge is 0.0689 e. The zero-order valence-electron chi connectivity index (χ0n) is 11.3. The molecule has 1 aliphatic heterocycles. The Bertz CT molecular complexity index is 486. The normalized spacial score (nSPS) is 25.3. The van der Waals surface area contributed by atoms with Crippen molar-refractivity contribution in [1.29, 1.82) is 5.26 Å². The van der Waals surface area contributed by atoms with Crippen LogP contribution in [-0.4, -0.2) is 17.2 Å². The van der Waals surface area contributed by atoms with E-state index in [0.29, 0.717) is 12.3 Å². The second kappa shape index (κ2) is 5.30. The third-order valence-corrected chi connectivity index (χ3v) is 4.59. The Kier molecular flexibility index (Phi) is 3.52. The number of nitrogens with zero attached hydrogens (tertiary/aromatic N) is 2. The maximum Gasteiger partial charge on any atom is 0.0689 e. The molecule has 0 aromatic carbocycles. The summed E-state index contributed by atoms with van der Waals surface area (Å²) < 4.78 is 6.09. The summed E-state index contributed by atoms with van der Waals surface area (Å²) in [5.41, 5.74) is 2.35. The lowest BCUT2D eigenvalue weighted by molar-refractivity contribution is -0.0809. The Balaban J connectivity index is 1.84. The number of rotatable bonds is 2. The SMILES string of the molecule is N#CCc1cccnc1C1CCOC2(CCCC2)C1. The van der Waals surface area contributed by atoms with E-state index >= 15 is 0 Å². The Morgan fingerprint density at radius 1 is 1.42 bits per heavy atom. The van der Waals surface area contributed by atoms with Crippen LogP contribution in [0.1, 0.15) is 55.7 Å². The summed E-state index contributed by atoms with van der Waals surface area (Å²) in [5, 5.41) is 8.95. The van der Waals surface area contributed by atoms with Gasteiger partial charge in [-0.05, 0) is 37.3 Å². The van der Waals surface area contributed by atoms with Gasteiger partial charge in [-0.3, -0.25) is 4.98 Å². The van der Waals surface area contributed by atoms with Crippen molar-refractivity contribution in [3.63, 3.8) is 0 Å². The van der Waals surface area contributed by atoms with Crippen LogP contribution in [-0.2, 0) is 11.2 Å². The van der Waals surface area contributed by atoms with Crippen LogP contribution in [0.25, 0.3) is 0 Å². The van der Waals surface area contributed by atoms with Crippen LogP contribution in [0.4, 0.5) is 0 Å². The Labute approximate surface area is 114 Å². The third kappa shape index (κ3) is 2.50. The summed E-state index contributed by atoms with van der Waals surface area (Å²) in [6, 6.07) is 6.23. The van der Waals surface area contributed by atoms with Crippen molar-refractivity contribution in [1.82, 2.24) is 4.98 Å². The molecule has 0 radical (unpaired) electrons. The maximum atomic E-state index is 8.95. The second-order valence-electron chi connectivity index (χ2n) is 5.81. The maximum absolute atomic E-state index is 8.95. The fraction of sp³-hybridized carbons (Fsp3) is 0.625. The van der Waals surface area contributed by atoms with E-state index in [-0.39, 0.29) is 5.60 Å². The van der Waals surface area contributed by atoms with E-state index < -0.39 is 0 Å². The summed E-state index contributed by atoms with van der Waals surface area (Å²) in [4.78, 5) is 4.57. The van der Waals surface area contributed by atoms with Crippen molar-refractivity contribution in [3.8, 4) is 6.07 Å². The van der Waals surface area contributed by atoms with Gasteiger partial charge in [0.1, 0.15) is 0 Å². The van der Waals surface area contributed by atoms with Crippen molar-refractivity contribution >= 4 is 0 Å². The van der Waals surface area contributed by atoms with Gasteiger partial charge in [0.2, 0.25) is 0 Å². The van der Waals surface area contributed by atoms with Gasteiger partial charge in [-0.25, -0.2) is 0 Å². The number of aromatic nitrogens is 1. The van der Waals surface area contributed by atoms with Crippen molar-refractivity contribution in [3.05, 3.63) is 29.6 Å². The molecule has 19 heavy (non-hydrogen) atoms. The number of nitriles is 1. The van der Waals surface area contributed by atoms with Crippen molar-refractivity contribution in [2.75, 3.05) is 6.61 Å². The van der Waals surface area contributed by atoms with E-state index in [1.165, 1.54) is 25.7 Å². The lowest BCUT2D eigenvalue weighted by atomic mass is 9.81. The van der Waals surface area contributed by atoms with Gasteiger partial charge in [-0.1, -0.05) is 18.9 Å². The van der Waals surface area contributed by atoms with Crippen LogP contribution < -0.4 is 0 Å². The number of ether oxygens (including phenoxy) is 1. The molecule has 1 aromatic rings. The molecule has 1 unspecified atom stereocenters. The quantitative estimate of drug-likeness (QED) is 0.815. The van der Waals surface area contributed by atoms with Gasteiger partial charge >= 0.3 is 0 Å². The highest BCUT2D eigenvalue weighted by Gasteiger charge is 2.40. The highest BCUT2D eigenvalue weighted by molar-refractivity contribution is 5.27. The van der Waals surface area contributed by atoms with Gasteiger partial charge in [0.25, 0.3) is 0 Å². The van der Waals surface area contributed by atoms with E-state index in [1.54, 1.807) is 0 Å². The van der Waals surface area contributed by atoms with Gasteiger partial charge < -0.3 is 4.74 Å². The molecule has 100 valence electrons. The fourth-order valence-electron chi connectivity index (χ4n) is 3.68. The first-order valence-corrected chi connectivity index (χ1v) is 7.28. The minimum Gasteiger partial charge on any atom is -0.375 e. The molecule has 1 aliphatic carbocycles. The first-order valence-electron chi connectivity index (χ1n) is 7.28. The predicted octanol–water partition coefficient (Wildman–Crippen LogP) is 3.35. The summed E-state index contributed by atoms with van der Waals surface area (Å²) in [7, 11) is 0. The molecular formula is C16H20N2O. The van der Waals surface area contributed by atoms with Gasteiger partial charge in [-0.2, -0.15) is 5.26 Å². The molecule has 2 aliphatic rings. The predicted molar refractivity (Wildman–Crippen MR) is 72.7 cm³/mol. The van der Waals surface area contributed by atoms with E-state index in [1.807, 2.05) is 18.3 Å². The first kappa shape index (κ1) is 12.6. The standard InChI is InChI=1S/C16H20N2O/c17-9-5-13-4-3-10-18-15(13)14-6-11-19-16(12-14)7-1-2-8-16/h3-4,10,14H,1-2,5-8,11-12H2. The minimum atomic E-state index is 0.115. The summed E-state index contributed by atoms with van der Waals surface area (Å²) in [6.45, 7) is 0.841. The van der Waals surface area contributed by atoms with Crippen molar-refractivity contribution in [2.45, 2.75) is 56.5 Å². The third-order valence-electron chi connectivity index (χ3n) is 4.59. The molecule has 1 atom stereocenters. The highest BCUT2D eigenvalue weighted by Crippen LogP contribution is 2.45. The summed E-state index contributed by atoms with van der Waals surface area (Å²) in [5.74, 6) is 0.469. The molecule has 0 amide bonds. The van der Waals surface area contributed by atoms with Crippen molar-refractivity contribution in [2.24, 2.45) is 0 Å². The molecule has 0 bridgehead atoms. The van der Waals surface area contributed by atoms with Gasteiger partial charge in [0.15, 0.2) is 0 Å². The molecule has 1 saturated heterocycles. The average Bonchev–Trinajstić information content (AvgIpc) is 2.88. The molecule has 2 heterocycles. The van der Waals surface area contributed by atoms with Gasteiger partial charge in [0, 0.05) is 24.4 Å². The fourth-order valence-corrected chi connectivity index (χ4v) is 3.68. The second-order valence-corrected chi connectivity index (χ2v) is 5.81. The minimum absolute atomic E-state index is 0.115. The highest BCUT2D eigenvalue weighted by atomic mass is 16.5. The number of pyridine rings is 1. The molecule has 3 rings (SSSR count). The lowest BCUT2D eigenvalue weighted by Crippen LogP contribution is -2.36. The molecule has 1 saturated carbocycles. The van der Waals surface area contributed by atoms with Crippen LogP contribution in [0.5, 0.6) is 0 Å². The summed E-state index contributed by atoms with van der Waals surface area (Å²) >= 11 is 0. The van der Waals surface area contributed by atoms with Gasteiger partial charge in [0.05, 0.1) is 18.1 Å². The molecule has 2 fully saturated rings. The molecule has 0 N–H and O–H groups in total. The monoisotopic (exact) mass is 256 g/mol. The van der Waals surface area contributed by atoms with Gasteiger partial charge in [-0.15, -0.1) is 0 Å². The van der Waals surface area contributed by atoms with Crippen LogP contribution in [0.2, 0.25) is 0 Å². The zero-order chi connectivity index (χ0) is 13.1. The van der Waals surface area contributed by atoms with Crippen LogP contribution in [0.3, 0.4) is 0 Å². The largest absolute Gasteiger partial charge is 0.375 e. The Hall–Kier alpha value is -1.40. The lowest BCUT2D eigenvalue weighted by Gasteiger charge is -2.38. The molecular weight excluding hydrogens is 236 g/mol. The Morgan fingerprint density at radius 2 is 2.26 bits per heavy atom. The van der Waals surface area contributed by atoms with E-state index in [2.05, 4.69) is 11.1 Å². The van der Waals surface area contributed by atoms with Crippen LogP contribution in [0.15, 0.2) is 18.3 Å². The molecule has 1 spiro atoms. The molecule has 1 aromatic heterocycles. The van der Waals surface area contributed by atoms with E-state index in [9.17, 15) is 0 Å². The Morgan fingerprint density at radius 3 is 3.05 bits per heavy atom. The van der Waals surface area contributed by atoms with Crippen molar-refractivity contribution < 1.29 is 4.74 Å². The first-order chi connectivity index (χ1) is 9.33. The van der Waals surface area contributed by atoms with Crippen LogP contribution >= 0.6 is 0 Å². The summed E-state index contributed by atoms with van der Waals surface area (Å²) in [6.07, 6.45) is 9.42. The zero-order valence-corrected chi connectivity index (χ0v) is 11.3. The van der Waals surface area contributed by atoms with E-state index in [4.69, 9.17) is 10.00 Å². The molecule has 3 nitrogen and oxygen atoms in total. The average molecular weight is 256 g/mol. The number of hydrogen-bond acceptors (Lipinski definition) is 3. The topological polar surface area (TPSA) is 45.9 Å².